The number of piperazine rings is 1. The van der Waals surface area contributed by atoms with Crippen LogP contribution in [0.4, 0.5) is 17.5 Å². The number of nitrogens with one attached hydrogen (secondary N) is 2. The Bertz CT molecular complexity index is 1640. The first-order valence-electron chi connectivity index (χ1n) is 14.1. The molecule has 9 nitrogen and oxygen atoms in total. The molecule has 0 radical (unpaired) electrons. The summed E-state index contributed by atoms with van der Waals surface area (Å²) in [7, 11) is 2.22. The number of fused-ring (bicyclic) bond motifs is 2. The van der Waals surface area contributed by atoms with E-state index < -0.39 is 0 Å². The first-order chi connectivity index (χ1) is 19.5. The minimum absolute atomic E-state index is 0.414. The molecule has 2 aliphatic rings. The lowest BCUT2D eigenvalue weighted by atomic mass is 9.89. The number of H-pyrrole nitrogens is 1. The van der Waals surface area contributed by atoms with Gasteiger partial charge in [-0.1, -0.05) is 23.7 Å². The first kappa shape index (κ1) is 25.3. The fourth-order valence-corrected chi connectivity index (χ4v) is 6.58. The summed E-state index contributed by atoms with van der Waals surface area (Å²) in [4.78, 5) is 22.1. The SMILES string of the molecule is CN1CCN([C@H]2CC[C@@H](n3cc(-c4ccc(Nc5nc6ccc(Cl)cc6[nH]5)cc4)c4c(N)ncnc43)CC2)CC1. The number of aromatic nitrogens is 5. The molecule has 0 bridgehead atoms. The highest BCUT2D eigenvalue weighted by Gasteiger charge is 2.30. The van der Waals surface area contributed by atoms with Gasteiger partial charge in [-0.2, -0.15) is 0 Å². The number of nitrogens with zero attached hydrogens (tertiary/aromatic N) is 6. The summed E-state index contributed by atoms with van der Waals surface area (Å²) in [5.74, 6) is 1.19. The number of hydrogen-bond donors (Lipinski definition) is 3. The molecule has 1 saturated carbocycles. The van der Waals surface area contributed by atoms with Gasteiger partial charge in [0.1, 0.15) is 17.8 Å². The summed E-state index contributed by atoms with van der Waals surface area (Å²) in [6, 6.07) is 15.1. The molecule has 0 amide bonds. The summed E-state index contributed by atoms with van der Waals surface area (Å²) in [6.07, 6.45) is 8.56. The van der Waals surface area contributed by atoms with Gasteiger partial charge >= 0.3 is 0 Å². The minimum Gasteiger partial charge on any atom is -0.383 e. The van der Waals surface area contributed by atoms with E-state index in [9.17, 15) is 0 Å². The lowest BCUT2D eigenvalue weighted by Crippen LogP contribution is -2.49. The minimum atomic E-state index is 0.414. The van der Waals surface area contributed by atoms with Gasteiger partial charge in [0.25, 0.3) is 0 Å². The highest BCUT2D eigenvalue weighted by atomic mass is 35.5. The molecule has 40 heavy (non-hydrogen) atoms. The molecule has 0 atom stereocenters. The van der Waals surface area contributed by atoms with Crippen LogP contribution in [-0.2, 0) is 0 Å². The van der Waals surface area contributed by atoms with Crippen LogP contribution in [0.1, 0.15) is 31.7 Å². The summed E-state index contributed by atoms with van der Waals surface area (Å²) in [6.45, 7) is 4.70. The topological polar surface area (TPSA) is 104 Å². The van der Waals surface area contributed by atoms with E-state index in [0.29, 0.717) is 28.9 Å². The standard InChI is InChI=1S/C30H34ClN9/c1-38-12-14-39(15-13-38)22-7-9-23(10-8-22)40-17-24(27-28(32)33-18-34-29(27)40)19-2-5-21(6-3-19)35-30-36-25-11-4-20(31)16-26(25)37-30/h2-6,11,16-18,22-23H,7-10,12-15H2,1H3,(H2,32,33,34)(H2,35,36,37)/t22-,23+. The zero-order chi connectivity index (χ0) is 27.2. The molecule has 3 aromatic heterocycles. The lowest BCUT2D eigenvalue weighted by Gasteiger charge is -2.41. The Balaban J connectivity index is 1.12. The van der Waals surface area contributed by atoms with E-state index in [1.807, 2.05) is 18.2 Å². The smallest absolute Gasteiger partial charge is 0.205 e. The fraction of sp³-hybridized carbons (Fsp3) is 0.367. The number of rotatable bonds is 5. The molecule has 206 valence electrons. The predicted molar refractivity (Wildman–Crippen MR) is 162 cm³/mol. The molecule has 1 aliphatic carbocycles. The molecular weight excluding hydrogens is 522 g/mol. The van der Waals surface area contributed by atoms with Gasteiger partial charge in [-0.25, -0.2) is 15.0 Å². The third kappa shape index (κ3) is 4.78. The van der Waals surface area contributed by atoms with Crippen LogP contribution in [0.15, 0.2) is 55.0 Å². The Labute approximate surface area is 238 Å². The van der Waals surface area contributed by atoms with Crippen molar-refractivity contribution >= 4 is 51.1 Å². The Morgan fingerprint density at radius 1 is 0.950 bits per heavy atom. The maximum absolute atomic E-state index is 6.44. The molecular formula is C30H34ClN9. The average molecular weight is 556 g/mol. The van der Waals surface area contributed by atoms with Crippen molar-refractivity contribution in [2.75, 3.05) is 44.3 Å². The quantitative estimate of drug-likeness (QED) is 0.256. The van der Waals surface area contributed by atoms with E-state index in [1.54, 1.807) is 6.33 Å². The van der Waals surface area contributed by atoms with Gasteiger partial charge in [0.15, 0.2) is 0 Å². The number of likely N-dealkylation sites (N-methyl/N-ethyl adjacent to an activating group) is 1. The molecule has 7 rings (SSSR count). The van der Waals surface area contributed by atoms with E-state index in [0.717, 1.165) is 51.7 Å². The van der Waals surface area contributed by atoms with Crippen LogP contribution in [0.25, 0.3) is 33.2 Å². The van der Waals surface area contributed by atoms with Crippen LogP contribution in [0.2, 0.25) is 5.02 Å². The van der Waals surface area contributed by atoms with E-state index in [-0.39, 0.29) is 0 Å². The fourth-order valence-electron chi connectivity index (χ4n) is 6.41. The Morgan fingerprint density at radius 2 is 1.70 bits per heavy atom. The molecule has 0 spiro atoms. The third-order valence-corrected chi connectivity index (χ3v) is 8.89. The Kier molecular flexibility index (Phi) is 6.57. The molecule has 2 aromatic carbocycles. The van der Waals surface area contributed by atoms with Gasteiger partial charge in [0.05, 0.1) is 16.4 Å². The van der Waals surface area contributed by atoms with Crippen LogP contribution in [0.5, 0.6) is 0 Å². The predicted octanol–water partition coefficient (Wildman–Crippen LogP) is 5.68. The van der Waals surface area contributed by atoms with Crippen molar-refractivity contribution in [3.8, 4) is 11.1 Å². The van der Waals surface area contributed by atoms with E-state index in [4.69, 9.17) is 22.3 Å². The van der Waals surface area contributed by atoms with Crippen molar-refractivity contribution in [1.82, 2.24) is 34.3 Å². The molecule has 1 aliphatic heterocycles. The van der Waals surface area contributed by atoms with Crippen LogP contribution in [0.3, 0.4) is 0 Å². The number of imidazole rings is 1. The van der Waals surface area contributed by atoms with Gasteiger partial charge in [-0.3, -0.25) is 4.90 Å². The van der Waals surface area contributed by atoms with Crippen molar-refractivity contribution < 1.29 is 0 Å². The van der Waals surface area contributed by atoms with Crippen LogP contribution < -0.4 is 11.1 Å². The second kappa shape index (κ2) is 10.4. The van der Waals surface area contributed by atoms with Gasteiger partial charge in [0.2, 0.25) is 5.95 Å². The summed E-state index contributed by atoms with van der Waals surface area (Å²) in [5, 5.41) is 4.97. The van der Waals surface area contributed by atoms with Crippen LogP contribution in [-0.4, -0.2) is 73.6 Å². The second-order valence-corrected chi connectivity index (χ2v) is 11.6. The van der Waals surface area contributed by atoms with E-state index in [1.165, 1.54) is 39.0 Å². The third-order valence-electron chi connectivity index (χ3n) is 8.66. The molecule has 4 N–H and O–H groups in total. The molecule has 2 fully saturated rings. The number of aromatic amines is 1. The van der Waals surface area contributed by atoms with Crippen LogP contribution >= 0.6 is 11.6 Å². The monoisotopic (exact) mass is 555 g/mol. The zero-order valence-corrected chi connectivity index (χ0v) is 23.4. The van der Waals surface area contributed by atoms with Gasteiger partial charge in [-0.05, 0) is 68.6 Å². The Morgan fingerprint density at radius 3 is 2.48 bits per heavy atom. The summed E-state index contributed by atoms with van der Waals surface area (Å²) >= 11 is 6.12. The van der Waals surface area contributed by atoms with Gasteiger partial charge in [-0.15, -0.1) is 0 Å². The lowest BCUT2D eigenvalue weighted by molar-refractivity contribution is 0.0828. The van der Waals surface area contributed by atoms with Gasteiger partial charge in [0, 0.05) is 60.7 Å². The number of hydrogen-bond acceptors (Lipinski definition) is 7. The largest absolute Gasteiger partial charge is 0.383 e. The van der Waals surface area contributed by atoms with Crippen molar-refractivity contribution in [2.45, 2.75) is 37.8 Å². The van der Waals surface area contributed by atoms with E-state index in [2.05, 4.69) is 72.1 Å². The van der Waals surface area contributed by atoms with Crippen LogP contribution in [0, 0.1) is 0 Å². The maximum atomic E-state index is 6.44. The zero-order valence-electron chi connectivity index (χ0n) is 22.6. The van der Waals surface area contributed by atoms with Crippen molar-refractivity contribution in [3.63, 3.8) is 0 Å². The highest BCUT2D eigenvalue weighted by molar-refractivity contribution is 6.31. The number of halogens is 1. The molecule has 1 saturated heterocycles. The average Bonchev–Trinajstić information content (AvgIpc) is 3.56. The summed E-state index contributed by atoms with van der Waals surface area (Å²) < 4.78 is 2.36. The second-order valence-electron chi connectivity index (χ2n) is 11.2. The van der Waals surface area contributed by atoms with Gasteiger partial charge < -0.3 is 25.5 Å². The molecule has 5 aromatic rings. The normalized spacial score (nSPS) is 20.9. The number of nitrogen functional groups attached to an aromatic ring is 1. The van der Waals surface area contributed by atoms with Crippen molar-refractivity contribution in [2.24, 2.45) is 0 Å². The number of anilines is 3. The Hall–Kier alpha value is -3.66. The van der Waals surface area contributed by atoms with Crippen molar-refractivity contribution in [1.29, 1.82) is 0 Å². The molecule has 4 heterocycles. The summed E-state index contributed by atoms with van der Waals surface area (Å²) in [5.41, 5.74) is 12.2. The maximum Gasteiger partial charge on any atom is 0.205 e. The van der Waals surface area contributed by atoms with E-state index >= 15 is 0 Å². The first-order valence-corrected chi connectivity index (χ1v) is 14.5. The molecule has 0 unspecified atom stereocenters. The number of benzene rings is 2. The number of nitrogens with two attached hydrogens (primary N) is 1. The van der Waals surface area contributed by atoms with Crippen molar-refractivity contribution in [3.05, 3.63) is 60.0 Å². The highest BCUT2D eigenvalue weighted by Crippen LogP contribution is 2.39. The molecule has 10 heteroatoms.